The smallest absolute Gasteiger partial charge is 0.256 e. The first-order valence-electron chi connectivity index (χ1n) is 5.31. The Labute approximate surface area is 83.8 Å². The van der Waals surface area contributed by atoms with Crippen molar-refractivity contribution in [2.24, 2.45) is 7.05 Å². The molecule has 1 aromatic heterocycles. The maximum absolute atomic E-state index is 11.9. The first-order valence-corrected chi connectivity index (χ1v) is 5.31. The van der Waals surface area contributed by atoms with E-state index in [9.17, 15) is 4.79 Å². The van der Waals surface area contributed by atoms with Crippen LogP contribution in [0, 0.1) is 0 Å². The van der Waals surface area contributed by atoms with Crippen LogP contribution in [0.1, 0.15) is 36.8 Å². The summed E-state index contributed by atoms with van der Waals surface area (Å²) in [5.41, 5.74) is 2.18. The highest BCUT2D eigenvalue weighted by Crippen LogP contribution is 2.16. The number of hydrogen-bond acceptors (Lipinski definition) is 2. The van der Waals surface area contributed by atoms with Gasteiger partial charge in [-0.3, -0.25) is 9.36 Å². The first-order chi connectivity index (χ1) is 6.74. The van der Waals surface area contributed by atoms with E-state index in [2.05, 4.69) is 4.98 Å². The predicted octanol–water partition coefficient (Wildman–Crippen LogP) is 1.22. The number of fused-ring (bicyclic) bond motifs is 1. The zero-order valence-electron chi connectivity index (χ0n) is 8.84. The van der Waals surface area contributed by atoms with Crippen molar-refractivity contribution in [2.75, 3.05) is 0 Å². The standard InChI is InChI=1S/C11H16N2O/c1-3-10-12-9-7-5-4-6-8(9)11(14)13(10)2/h3-7H2,1-2H3. The molecule has 1 aromatic rings. The summed E-state index contributed by atoms with van der Waals surface area (Å²) in [6.45, 7) is 2.04. The molecular formula is C11H16N2O. The van der Waals surface area contributed by atoms with Gasteiger partial charge in [0.15, 0.2) is 0 Å². The van der Waals surface area contributed by atoms with E-state index in [-0.39, 0.29) is 5.56 Å². The fraction of sp³-hybridized carbons (Fsp3) is 0.636. The third kappa shape index (κ3) is 1.37. The minimum Gasteiger partial charge on any atom is -0.300 e. The molecule has 1 heterocycles. The van der Waals surface area contributed by atoms with Crippen molar-refractivity contribution in [3.8, 4) is 0 Å². The summed E-state index contributed by atoms with van der Waals surface area (Å²) in [7, 11) is 1.82. The fourth-order valence-electron chi connectivity index (χ4n) is 2.11. The molecule has 3 heteroatoms. The zero-order chi connectivity index (χ0) is 10.1. The Morgan fingerprint density at radius 3 is 2.79 bits per heavy atom. The minimum atomic E-state index is 0.173. The lowest BCUT2D eigenvalue weighted by atomic mass is 9.97. The Bertz CT molecular complexity index is 406. The van der Waals surface area contributed by atoms with E-state index in [0.717, 1.165) is 42.8 Å². The third-order valence-corrected chi connectivity index (χ3v) is 2.97. The topological polar surface area (TPSA) is 34.9 Å². The molecule has 0 aliphatic heterocycles. The van der Waals surface area contributed by atoms with Gasteiger partial charge in [-0.05, 0) is 25.7 Å². The summed E-state index contributed by atoms with van der Waals surface area (Å²) in [6, 6.07) is 0. The van der Waals surface area contributed by atoms with Crippen LogP contribution >= 0.6 is 0 Å². The number of nitrogens with zero attached hydrogens (tertiary/aromatic N) is 2. The molecule has 1 aliphatic carbocycles. The lowest BCUT2D eigenvalue weighted by Gasteiger charge is -2.16. The van der Waals surface area contributed by atoms with Crippen LogP contribution in [0.15, 0.2) is 4.79 Å². The van der Waals surface area contributed by atoms with Crippen molar-refractivity contribution >= 4 is 0 Å². The average molecular weight is 192 g/mol. The summed E-state index contributed by atoms with van der Waals surface area (Å²) < 4.78 is 1.70. The van der Waals surface area contributed by atoms with Crippen LogP contribution in [-0.4, -0.2) is 9.55 Å². The van der Waals surface area contributed by atoms with E-state index < -0.39 is 0 Å². The van der Waals surface area contributed by atoms with Crippen LogP contribution in [0.3, 0.4) is 0 Å². The Morgan fingerprint density at radius 2 is 2.07 bits per heavy atom. The van der Waals surface area contributed by atoms with Gasteiger partial charge in [0.25, 0.3) is 5.56 Å². The highest BCUT2D eigenvalue weighted by atomic mass is 16.1. The number of hydrogen-bond donors (Lipinski definition) is 0. The Morgan fingerprint density at radius 1 is 1.36 bits per heavy atom. The van der Waals surface area contributed by atoms with Gasteiger partial charge in [-0.15, -0.1) is 0 Å². The average Bonchev–Trinajstić information content (AvgIpc) is 2.23. The van der Waals surface area contributed by atoms with E-state index >= 15 is 0 Å². The van der Waals surface area contributed by atoms with E-state index in [4.69, 9.17) is 0 Å². The van der Waals surface area contributed by atoms with Gasteiger partial charge in [0.2, 0.25) is 0 Å². The van der Waals surface area contributed by atoms with E-state index in [1.54, 1.807) is 4.57 Å². The van der Waals surface area contributed by atoms with E-state index in [1.807, 2.05) is 14.0 Å². The molecular weight excluding hydrogens is 176 g/mol. The van der Waals surface area contributed by atoms with Gasteiger partial charge in [-0.1, -0.05) is 6.92 Å². The molecule has 0 aromatic carbocycles. The minimum absolute atomic E-state index is 0.173. The number of rotatable bonds is 1. The summed E-state index contributed by atoms with van der Waals surface area (Å²) in [5, 5.41) is 0. The van der Waals surface area contributed by atoms with Crippen molar-refractivity contribution in [1.29, 1.82) is 0 Å². The van der Waals surface area contributed by atoms with Crippen LogP contribution < -0.4 is 5.56 Å². The second kappa shape index (κ2) is 3.56. The van der Waals surface area contributed by atoms with Crippen molar-refractivity contribution < 1.29 is 0 Å². The van der Waals surface area contributed by atoms with Crippen molar-refractivity contribution in [3.63, 3.8) is 0 Å². The summed E-state index contributed by atoms with van der Waals surface area (Å²) in [4.78, 5) is 16.5. The lowest BCUT2D eigenvalue weighted by Crippen LogP contribution is -2.29. The molecule has 0 saturated heterocycles. The van der Waals surface area contributed by atoms with E-state index in [0.29, 0.717) is 0 Å². The van der Waals surface area contributed by atoms with Gasteiger partial charge in [0.05, 0.1) is 5.69 Å². The highest BCUT2D eigenvalue weighted by molar-refractivity contribution is 5.21. The molecule has 0 atom stereocenters. The zero-order valence-corrected chi connectivity index (χ0v) is 8.84. The van der Waals surface area contributed by atoms with Gasteiger partial charge in [-0.25, -0.2) is 4.98 Å². The van der Waals surface area contributed by atoms with Crippen LogP contribution in [0.4, 0.5) is 0 Å². The molecule has 14 heavy (non-hydrogen) atoms. The SMILES string of the molecule is CCc1nc2c(c(=O)n1C)CCCC2. The lowest BCUT2D eigenvalue weighted by molar-refractivity contribution is 0.617. The Balaban J connectivity index is 2.63. The molecule has 76 valence electrons. The van der Waals surface area contributed by atoms with Crippen LogP contribution in [0.2, 0.25) is 0 Å². The first kappa shape index (κ1) is 9.44. The third-order valence-electron chi connectivity index (χ3n) is 2.97. The van der Waals surface area contributed by atoms with Gasteiger partial charge in [-0.2, -0.15) is 0 Å². The normalized spacial score (nSPS) is 15.3. The highest BCUT2D eigenvalue weighted by Gasteiger charge is 2.16. The molecule has 0 unspecified atom stereocenters. The van der Waals surface area contributed by atoms with Crippen LogP contribution in [-0.2, 0) is 26.3 Å². The molecule has 0 saturated carbocycles. The largest absolute Gasteiger partial charge is 0.300 e. The van der Waals surface area contributed by atoms with Crippen molar-refractivity contribution in [1.82, 2.24) is 9.55 Å². The number of aryl methyl sites for hydroxylation is 2. The summed E-state index contributed by atoms with van der Waals surface area (Å²) >= 11 is 0. The summed E-state index contributed by atoms with van der Waals surface area (Å²) in [5.74, 6) is 0.913. The van der Waals surface area contributed by atoms with Gasteiger partial charge < -0.3 is 0 Å². The van der Waals surface area contributed by atoms with Gasteiger partial charge in [0.1, 0.15) is 5.82 Å². The predicted molar refractivity (Wildman–Crippen MR) is 55.5 cm³/mol. The monoisotopic (exact) mass is 192 g/mol. The van der Waals surface area contributed by atoms with Crippen LogP contribution in [0.25, 0.3) is 0 Å². The summed E-state index contributed by atoms with van der Waals surface area (Å²) in [6.07, 6.45) is 5.04. The fourth-order valence-corrected chi connectivity index (χ4v) is 2.11. The molecule has 0 bridgehead atoms. The number of aromatic nitrogens is 2. The maximum Gasteiger partial charge on any atom is 0.256 e. The molecule has 2 rings (SSSR count). The maximum atomic E-state index is 11.9. The molecule has 0 N–H and O–H groups in total. The van der Waals surface area contributed by atoms with Gasteiger partial charge in [0, 0.05) is 19.0 Å². The molecule has 0 amide bonds. The molecule has 0 fully saturated rings. The Hall–Kier alpha value is -1.12. The van der Waals surface area contributed by atoms with Crippen molar-refractivity contribution in [3.05, 3.63) is 27.4 Å². The second-order valence-corrected chi connectivity index (χ2v) is 3.88. The molecule has 0 spiro atoms. The Kier molecular flexibility index (Phi) is 2.40. The van der Waals surface area contributed by atoms with E-state index in [1.165, 1.54) is 6.42 Å². The van der Waals surface area contributed by atoms with Crippen molar-refractivity contribution in [2.45, 2.75) is 39.0 Å². The van der Waals surface area contributed by atoms with Crippen LogP contribution in [0.5, 0.6) is 0 Å². The molecule has 1 aliphatic rings. The van der Waals surface area contributed by atoms with Gasteiger partial charge >= 0.3 is 0 Å². The second-order valence-electron chi connectivity index (χ2n) is 3.88. The quantitative estimate of drug-likeness (QED) is 0.670. The molecule has 0 radical (unpaired) electrons. The molecule has 3 nitrogen and oxygen atoms in total.